The minimum Gasteiger partial charge on any atom is -0.462 e. The van der Waals surface area contributed by atoms with Gasteiger partial charge in [0.25, 0.3) is 0 Å². The minimum absolute atomic E-state index is 0.102. The number of hydrogen-bond acceptors (Lipinski definition) is 5. The molecule has 0 fully saturated rings. The molecule has 0 radical (unpaired) electrons. The monoisotopic (exact) mass is 394 g/mol. The largest absolute Gasteiger partial charge is 0.462 e. The summed E-state index contributed by atoms with van der Waals surface area (Å²) in [5, 5.41) is 3.71. The number of nitrogens with one attached hydrogen (secondary N) is 1. The van der Waals surface area contributed by atoms with Crippen LogP contribution in [-0.2, 0) is 15.3 Å². The van der Waals surface area contributed by atoms with Crippen LogP contribution in [0.3, 0.4) is 0 Å². The highest BCUT2D eigenvalue weighted by Gasteiger charge is 2.20. The average molecular weight is 394 g/mol. The lowest BCUT2D eigenvalue weighted by atomic mass is 10.0. The molecule has 3 aromatic rings. The van der Waals surface area contributed by atoms with Gasteiger partial charge in [-0.15, -0.1) is 11.8 Å². The van der Waals surface area contributed by atoms with E-state index >= 15 is 0 Å². The summed E-state index contributed by atoms with van der Waals surface area (Å²) in [4.78, 5) is 29.5. The van der Waals surface area contributed by atoms with Gasteiger partial charge in [0.1, 0.15) is 0 Å². The number of para-hydroxylation sites is 1. The van der Waals surface area contributed by atoms with E-state index in [0.29, 0.717) is 23.6 Å². The molecule has 144 valence electrons. The smallest absolute Gasteiger partial charge is 0.340 e. The first kappa shape index (κ1) is 19.9. The van der Waals surface area contributed by atoms with Crippen LogP contribution in [0.15, 0.2) is 53.4 Å². The van der Waals surface area contributed by atoms with Crippen molar-refractivity contribution in [2.24, 2.45) is 0 Å². The van der Waals surface area contributed by atoms with Crippen LogP contribution in [0, 0.1) is 6.92 Å². The van der Waals surface area contributed by atoms with E-state index in [0.717, 1.165) is 27.0 Å². The third kappa shape index (κ3) is 4.51. The number of anilines is 1. The quantitative estimate of drug-likeness (QED) is 0.472. The molecule has 0 aliphatic rings. The van der Waals surface area contributed by atoms with Crippen LogP contribution >= 0.6 is 11.8 Å². The summed E-state index contributed by atoms with van der Waals surface area (Å²) in [6.45, 7) is 5.54. The summed E-state index contributed by atoms with van der Waals surface area (Å²) in [5.74, 6) is 0.101. The average Bonchev–Trinajstić information content (AvgIpc) is 2.67. The molecule has 1 amide bonds. The number of rotatable bonds is 6. The van der Waals surface area contributed by atoms with E-state index in [9.17, 15) is 9.59 Å². The van der Waals surface area contributed by atoms with Gasteiger partial charge in [0.05, 0.1) is 23.4 Å². The van der Waals surface area contributed by atoms with Gasteiger partial charge in [0, 0.05) is 28.6 Å². The van der Waals surface area contributed by atoms with Crippen LogP contribution in [0.4, 0.5) is 5.69 Å². The zero-order chi connectivity index (χ0) is 20.1. The van der Waals surface area contributed by atoms with Crippen LogP contribution in [-0.4, -0.2) is 23.5 Å². The normalized spacial score (nSPS) is 10.7. The SMILES string of the molecule is CCOC(=O)c1c(CSc2ccc(NC(C)=O)cc2)nc2ccccc2c1C. The third-order valence-electron chi connectivity index (χ3n) is 4.26. The summed E-state index contributed by atoms with van der Waals surface area (Å²) in [6.07, 6.45) is 0. The Morgan fingerprint density at radius 2 is 1.82 bits per heavy atom. The van der Waals surface area contributed by atoms with Gasteiger partial charge in [-0.25, -0.2) is 4.79 Å². The van der Waals surface area contributed by atoms with Crippen molar-refractivity contribution in [3.05, 3.63) is 65.4 Å². The fourth-order valence-electron chi connectivity index (χ4n) is 3.01. The fourth-order valence-corrected chi connectivity index (χ4v) is 3.85. The van der Waals surface area contributed by atoms with Gasteiger partial charge in [-0.1, -0.05) is 18.2 Å². The number of benzene rings is 2. The lowest BCUT2D eigenvalue weighted by molar-refractivity contribution is -0.114. The molecule has 1 aromatic heterocycles. The van der Waals surface area contributed by atoms with Crippen molar-refractivity contribution in [3.8, 4) is 0 Å². The molecule has 1 heterocycles. The maximum Gasteiger partial charge on any atom is 0.340 e. The molecule has 0 bridgehead atoms. The number of nitrogens with zero attached hydrogens (tertiary/aromatic N) is 1. The van der Waals surface area contributed by atoms with Gasteiger partial charge >= 0.3 is 5.97 Å². The zero-order valence-corrected chi connectivity index (χ0v) is 16.9. The second-order valence-electron chi connectivity index (χ2n) is 6.29. The third-order valence-corrected chi connectivity index (χ3v) is 5.28. The Morgan fingerprint density at radius 3 is 2.50 bits per heavy atom. The zero-order valence-electron chi connectivity index (χ0n) is 16.1. The molecular formula is C22H22N2O3S. The maximum atomic E-state index is 12.6. The highest BCUT2D eigenvalue weighted by molar-refractivity contribution is 7.98. The van der Waals surface area contributed by atoms with Crippen LogP contribution in [0.25, 0.3) is 10.9 Å². The molecule has 0 atom stereocenters. The van der Waals surface area contributed by atoms with Crippen LogP contribution < -0.4 is 5.32 Å². The van der Waals surface area contributed by atoms with Crippen LogP contribution in [0.5, 0.6) is 0 Å². The Kier molecular flexibility index (Phi) is 6.31. The van der Waals surface area contributed by atoms with E-state index in [1.807, 2.05) is 55.5 Å². The van der Waals surface area contributed by atoms with Crippen LogP contribution in [0.1, 0.15) is 35.5 Å². The molecule has 0 aliphatic heterocycles. The van der Waals surface area contributed by atoms with Crippen LogP contribution in [0.2, 0.25) is 0 Å². The van der Waals surface area contributed by atoms with Gasteiger partial charge in [-0.3, -0.25) is 9.78 Å². The second kappa shape index (κ2) is 8.89. The number of ether oxygens (including phenoxy) is 1. The number of esters is 1. The highest BCUT2D eigenvalue weighted by atomic mass is 32.2. The lowest BCUT2D eigenvalue weighted by Crippen LogP contribution is -2.12. The molecule has 1 N–H and O–H groups in total. The van der Waals surface area contributed by atoms with Crippen molar-refractivity contribution in [2.45, 2.75) is 31.4 Å². The maximum absolute atomic E-state index is 12.6. The Balaban J connectivity index is 1.89. The molecule has 5 nitrogen and oxygen atoms in total. The molecule has 6 heteroatoms. The molecule has 3 rings (SSSR count). The Morgan fingerprint density at radius 1 is 1.11 bits per heavy atom. The first-order valence-corrected chi connectivity index (χ1v) is 10.0. The molecule has 0 saturated heterocycles. The summed E-state index contributed by atoms with van der Waals surface area (Å²) in [5.41, 5.74) is 3.77. The number of amides is 1. The summed E-state index contributed by atoms with van der Waals surface area (Å²) in [7, 11) is 0. The molecular weight excluding hydrogens is 372 g/mol. The predicted molar refractivity (Wildman–Crippen MR) is 113 cm³/mol. The fraction of sp³-hybridized carbons (Fsp3) is 0.227. The van der Waals surface area contributed by atoms with Crippen molar-refractivity contribution in [2.75, 3.05) is 11.9 Å². The summed E-state index contributed by atoms with van der Waals surface area (Å²) < 4.78 is 5.27. The van der Waals surface area contributed by atoms with Gasteiger partial charge in [-0.2, -0.15) is 0 Å². The van der Waals surface area contributed by atoms with Gasteiger partial charge < -0.3 is 10.1 Å². The lowest BCUT2D eigenvalue weighted by Gasteiger charge is -2.14. The van der Waals surface area contributed by atoms with Gasteiger partial charge in [0.15, 0.2) is 0 Å². The Hall–Kier alpha value is -2.86. The molecule has 0 spiro atoms. The van der Waals surface area contributed by atoms with E-state index in [2.05, 4.69) is 5.32 Å². The van der Waals surface area contributed by atoms with E-state index in [4.69, 9.17) is 9.72 Å². The van der Waals surface area contributed by atoms with E-state index in [-0.39, 0.29) is 11.9 Å². The Labute approximate surface area is 168 Å². The van der Waals surface area contributed by atoms with Crippen molar-refractivity contribution in [1.29, 1.82) is 0 Å². The van der Waals surface area contributed by atoms with E-state index < -0.39 is 0 Å². The summed E-state index contributed by atoms with van der Waals surface area (Å²) in [6, 6.07) is 15.4. The highest BCUT2D eigenvalue weighted by Crippen LogP contribution is 2.29. The Bertz CT molecular complexity index is 1020. The van der Waals surface area contributed by atoms with E-state index in [1.165, 1.54) is 6.92 Å². The van der Waals surface area contributed by atoms with Gasteiger partial charge in [-0.05, 0) is 49.7 Å². The molecule has 0 saturated carbocycles. The predicted octanol–water partition coefficient (Wildman–Crippen LogP) is 4.97. The number of thioether (sulfide) groups is 1. The molecule has 0 unspecified atom stereocenters. The first-order valence-electron chi connectivity index (χ1n) is 9.05. The number of pyridine rings is 1. The number of carbonyl (C=O) groups excluding carboxylic acids is 2. The minimum atomic E-state index is -0.338. The number of aryl methyl sites for hydroxylation is 1. The van der Waals surface area contributed by atoms with Crippen molar-refractivity contribution in [1.82, 2.24) is 4.98 Å². The number of hydrogen-bond donors (Lipinski definition) is 1. The van der Waals surface area contributed by atoms with E-state index in [1.54, 1.807) is 18.7 Å². The molecule has 2 aromatic carbocycles. The number of aromatic nitrogens is 1. The molecule has 0 aliphatic carbocycles. The second-order valence-corrected chi connectivity index (χ2v) is 7.34. The standard InChI is InChI=1S/C22H22N2O3S/c1-4-27-22(26)21-14(2)18-7-5-6-8-19(18)24-20(21)13-28-17-11-9-16(10-12-17)23-15(3)25/h5-12H,4,13H2,1-3H3,(H,23,25). The van der Waals surface area contributed by atoms with Crippen molar-refractivity contribution < 1.29 is 14.3 Å². The number of fused-ring (bicyclic) bond motifs is 1. The van der Waals surface area contributed by atoms with Crippen molar-refractivity contribution in [3.63, 3.8) is 0 Å². The molecule has 28 heavy (non-hydrogen) atoms. The topological polar surface area (TPSA) is 68.3 Å². The van der Waals surface area contributed by atoms with Crippen molar-refractivity contribution >= 4 is 40.2 Å². The first-order chi connectivity index (χ1) is 13.5. The number of carbonyl (C=O) groups is 2. The van der Waals surface area contributed by atoms with Gasteiger partial charge in [0.2, 0.25) is 5.91 Å². The summed E-state index contributed by atoms with van der Waals surface area (Å²) >= 11 is 1.59.